The molecule has 0 saturated heterocycles. The summed E-state index contributed by atoms with van der Waals surface area (Å²) >= 11 is 0. The average Bonchev–Trinajstić information content (AvgIpc) is 3.00. The number of aromatic amines is 1. The third-order valence-corrected chi connectivity index (χ3v) is 3.73. The zero-order valence-corrected chi connectivity index (χ0v) is 12.6. The summed E-state index contributed by atoms with van der Waals surface area (Å²) < 4.78 is 6.22. The normalized spacial score (nSPS) is 10.8. The van der Waals surface area contributed by atoms with Crippen molar-refractivity contribution < 1.29 is 9.20 Å². The predicted octanol–water partition coefficient (Wildman–Crippen LogP) is 3.25. The van der Waals surface area contributed by atoms with E-state index in [1.54, 1.807) is 4.68 Å². The standard InChI is InChI=1S/C18H18N2O2/c1-2-3-4-14-5-7-15(8-6-14)16-9-11-17(12-10-16)20-13-18(21)22-19-20/h5-13H,2-4H2,1H3/p+1. The Bertz CT molecular complexity index is 783. The van der Waals surface area contributed by atoms with Crippen molar-refractivity contribution in [1.29, 1.82) is 0 Å². The molecular weight excluding hydrogens is 276 g/mol. The minimum absolute atomic E-state index is 0.397. The van der Waals surface area contributed by atoms with Crippen LogP contribution in [0.2, 0.25) is 0 Å². The van der Waals surface area contributed by atoms with Gasteiger partial charge in [-0.15, -0.1) is 0 Å². The lowest BCUT2D eigenvalue weighted by atomic mass is 10.0. The highest BCUT2D eigenvalue weighted by Crippen LogP contribution is 2.21. The van der Waals surface area contributed by atoms with Crippen LogP contribution >= 0.6 is 0 Å². The number of hydrogen-bond donors (Lipinski definition) is 1. The number of benzene rings is 2. The largest absolute Gasteiger partial charge is 0.427 e. The lowest BCUT2D eigenvalue weighted by molar-refractivity contribution is -0.670. The number of hydrogen-bond acceptors (Lipinski definition) is 2. The predicted molar refractivity (Wildman–Crippen MR) is 84.9 cm³/mol. The Kier molecular flexibility index (Phi) is 4.19. The van der Waals surface area contributed by atoms with E-state index in [1.807, 2.05) is 24.3 Å². The Hall–Kier alpha value is -2.62. The SMILES string of the molecule is CCCCc1ccc(-c2ccc(-[n+]3cc(=O)o[nH]3)cc2)cc1. The van der Waals surface area contributed by atoms with Crippen LogP contribution in [0.4, 0.5) is 0 Å². The van der Waals surface area contributed by atoms with Crippen LogP contribution in [0.3, 0.4) is 0 Å². The topological polar surface area (TPSA) is 49.9 Å². The Morgan fingerprint density at radius 1 is 1.00 bits per heavy atom. The van der Waals surface area contributed by atoms with E-state index >= 15 is 0 Å². The van der Waals surface area contributed by atoms with Crippen LogP contribution in [-0.4, -0.2) is 5.27 Å². The van der Waals surface area contributed by atoms with Crippen molar-refractivity contribution in [2.45, 2.75) is 26.2 Å². The molecule has 3 rings (SSSR count). The minimum Gasteiger partial charge on any atom is -0.283 e. The summed E-state index contributed by atoms with van der Waals surface area (Å²) in [5.41, 5.74) is 4.18. The molecule has 1 N–H and O–H groups in total. The van der Waals surface area contributed by atoms with Gasteiger partial charge in [0.25, 0.3) is 6.20 Å². The molecule has 0 aliphatic carbocycles. The number of unbranched alkanes of at least 4 members (excludes halogenated alkanes) is 1. The summed E-state index contributed by atoms with van der Waals surface area (Å²) in [6, 6.07) is 16.7. The highest BCUT2D eigenvalue weighted by atomic mass is 16.5. The Balaban J connectivity index is 1.79. The van der Waals surface area contributed by atoms with Gasteiger partial charge in [0.2, 0.25) is 5.69 Å². The molecule has 0 radical (unpaired) electrons. The minimum atomic E-state index is -0.397. The van der Waals surface area contributed by atoms with Crippen molar-refractivity contribution in [3.63, 3.8) is 0 Å². The molecule has 1 aromatic heterocycles. The van der Waals surface area contributed by atoms with Gasteiger partial charge in [0, 0.05) is 12.1 Å². The fraction of sp³-hybridized carbons (Fsp3) is 0.222. The monoisotopic (exact) mass is 295 g/mol. The van der Waals surface area contributed by atoms with Gasteiger partial charge in [0.15, 0.2) is 0 Å². The summed E-state index contributed by atoms with van der Waals surface area (Å²) in [6.07, 6.45) is 4.96. The molecule has 0 fully saturated rings. The molecule has 0 bridgehead atoms. The van der Waals surface area contributed by atoms with E-state index < -0.39 is 5.63 Å². The first-order chi connectivity index (χ1) is 10.8. The fourth-order valence-corrected chi connectivity index (χ4v) is 2.44. The van der Waals surface area contributed by atoms with Gasteiger partial charge in [0.1, 0.15) is 0 Å². The lowest BCUT2D eigenvalue weighted by Gasteiger charge is -2.04. The Labute approximate surface area is 129 Å². The van der Waals surface area contributed by atoms with Crippen molar-refractivity contribution in [2.24, 2.45) is 0 Å². The lowest BCUT2D eigenvalue weighted by Crippen LogP contribution is -2.31. The van der Waals surface area contributed by atoms with Gasteiger partial charge in [-0.25, -0.2) is 4.79 Å². The molecule has 4 heteroatoms. The molecule has 0 unspecified atom stereocenters. The molecule has 4 nitrogen and oxygen atoms in total. The van der Waals surface area contributed by atoms with E-state index in [0.717, 1.165) is 17.7 Å². The summed E-state index contributed by atoms with van der Waals surface area (Å²) in [7, 11) is 0. The van der Waals surface area contributed by atoms with Crippen LogP contribution in [0.15, 0.2) is 64.0 Å². The maximum absolute atomic E-state index is 11.0. The number of aromatic nitrogens is 2. The van der Waals surface area contributed by atoms with Crippen LogP contribution < -0.4 is 10.3 Å². The molecule has 0 atom stereocenters. The van der Waals surface area contributed by atoms with Gasteiger partial charge in [0.05, 0.1) is 0 Å². The van der Waals surface area contributed by atoms with E-state index in [1.165, 1.54) is 30.2 Å². The highest BCUT2D eigenvalue weighted by Gasteiger charge is 2.10. The van der Waals surface area contributed by atoms with Crippen LogP contribution in [0.5, 0.6) is 0 Å². The quantitative estimate of drug-likeness (QED) is 0.735. The first-order valence-corrected chi connectivity index (χ1v) is 7.56. The summed E-state index contributed by atoms with van der Waals surface area (Å²) in [6.45, 7) is 2.21. The second kappa shape index (κ2) is 6.43. The third-order valence-electron chi connectivity index (χ3n) is 3.73. The fourth-order valence-electron chi connectivity index (χ4n) is 2.44. The zero-order chi connectivity index (χ0) is 15.4. The van der Waals surface area contributed by atoms with E-state index in [4.69, 9.17) is 0 Å². The van der Waals surface area contributed by atoms with Crippen LogP contribution in [0, 0.1) is 0 Å². The van der Waals surface area contributed by atoms with Crippen molar-refractivity contribution in [3.05, 3.63) is 70.7 Å². The third kappa shape index (κ3) is 3.17. The molecule has 22 heavy (non-hydrogen) atoms. The number of rotatable bonds is 5. The van der Waals surface area contributed by atoms with Crippen molar-refractivity contribution in [3.8, 4) is 16.8 Å². The van der Waals surface area contributed by atoms with E-state index in [0.29, 0.717) is 0 Å². The molecule has 2 aromatic carbocycles. The molecule has 0 spiro atoms. The van der Waals surface area contributed by atoms with Crippen LogP contribution in [-0.2, 0) is 6.42 Å². The van der Waals surface area contributed by atoms with Gasteiger partial charge in [-0.1, -0.05) is 37.6 Å². The van der Waals surface area contributed by atoms with Gasteiger partial charge < -0.3 is 0 Å². The number of aryl methyl sites for hydroxylation is 1. The molecule has 1 heterocycles. The first-order valence-electron chi connectivity index (χ1n) is 7.56. The molecular formula is C18H19N2O2+. The molecule has 0 saturated carbocycles. The Morgan fingerprint density at radius 2 is 1.64 bits per heavy atom. The van der Waals surface area contributed by atoms with Crippen molar-refractivity contribution >= 4 is 0 Å². The molecule has 0 amide bonds. The maximum Gasteiger partial charge on any atom is 0.427 e. The summed E-state index contributed by atoms with van der Waals surface area (Å²) in [4.78, 5) is 11.0. The van der Waals surface area contributed by atoms with E-state index in [-0.39, 0.29) is 0 Å². The molecule has 3 aromatic rings. The second-order valence-electron chi connectivity index (χ2n) is 5.36. The van der Waals surface area contributed by atoms with Crippen LogP contribution in [0.1, 0.15) is 25.3 Å². The van der Waals surface area contributed by atoms with Crippen molar-refractivity contribution in [2.75, 3.05) is 0 Å². The molecule has 112 valence electrons. The highest BCUT2D eigenvalue weighted by molar-refractivity contribution is 5.64. The van der Waals surface area contributed by atoms with E-state index in [2.05, 4.69) is 41.0 Å². The Morgan fingerprint density at radius 3 is 2.18 bits per heavy atom. The maximum atomic E-state index is 11.0. The van der Waals surface area contributed by atoms with E-state index in [9.17, 15) is 4.79 Å². The number of nitrogens with zero attached hydrogens (tertiary/aromatic N) is 1. The summed E-state index contributed by atoms with van der Waals surface area (Å²) in [5.74, 6) is 0. The van der Waals surface area contributed by atoms with Crippen LogP contribution in [0.25, 0.3) is 16.8 Å². The first kappa shape index (κ1) is 14.3. The second-order valence-corrected chi connectivity index (χ2v) is 5.36. The molecule has 0 aliphatic heterocycles. The van der Waals surface area contributed by atoms with Gasteiger partial charge in [-0.2, -0.15) is 0 Å². The van der Waals surface area contributed by atoms with Gasteiger partial charge in [-0.3, -0.25) is 4.52 Å². The van der Waals surface area contributed by atoms with Crippen molar-refractivity contribution in [1.82, 2.24) is 5.27 Å². The number of H-pyrrole nitrogens is 1. The zero-order valence-electron chi connectivity index (χ0n) is 12.6. The molecule has 0 aliphatic rings. The number of nitrogens with one attached hydrogen (secondary N) is 1. The summed E-state index contributed by atoms with van der Waals surface area (Å²) in [5, 5.41) is 2.54. The smallest absolute Gasteiger partial charge is 0.283 e. The van der Waals surface area contributed by atoms with Gasteiger partial charge >= 0.3 is 5.63 Å². The van der Waals surface area contributed by atoms with Gasteiger partial charge in [-0.05, 0) is 51.6 Å². The average molecular weight is 295 g/mol.